The maximum atomic E-state index is 13.0. The molecule has 0 bridgehead atoms. The lowest BCUT2D eigenvalue weighted by Gasteiger charge is -2.23. The van der Waals surface area contributed by atoms with E-state index in [4.69, 9.17) is 15.2 Å². The Morgan fingerprint density at radius 2 is 1.69 bits per heavy atom. The first kappa shape index (κ1) is 27.9. The van der Waals surface area contributed by atoms with Crippen molar-refractivity contribution in [3.63, 3.8) is 0 Å². The Morgan fingerprint density at radius 1 is 1.00 bits per heavy atom. The van der Waals surface area contributed by atoms with Crippen molar-refractivity contribution in [1.82, 2.24) is 10.6 Å². The summed E-state index contributed by atoms with van der Waals surface area (Å²) in [4.78, 5) is 36.7. The summed E-state index contributed by atoms with van der Waals surface area (Å²) >= 11 is 0. The number of carbonyl (C=O) groups excluding carboxylic acids is 3. The molecule has 0 fully saturated rings. The fourth-order valence-corrected chi connectivity index (χ4v) is 3.30. The number of carbonyl (C=O) groups is 3. The summed E-state index contributed by atoms with van der Waals surface area (Å²) in [6.45, 7) is 4.43. The first-order valence-electron chi connectivity index (χ1n) is 11.8. The van der Waals surface area contributed by atoms with E-state index in [0.717, 1.165) is 11.1 Å². The molecule has 35 heavy (non-hydrogen) atoms. The predicted molar refractivity (Wildman–Crippen MR) is 134 cm³/mol. The van der Waals surface area contributed by atoms with Crippen LogP contribution in [0.25, 0.3) is 0 Å². The lowest BCUT2D eigenvalue weighted by Crippen LogP contribution is -2.51. The highest BCUT2D eigenvalue weighted by Crippen LogP contribution is 2.16. The van der Waals surface area contributed by atoms with E-state index >= 15 is 0 Å². The maximum absolute atomic E-state index is 13.0. The fourth-order valence-electron chi connectivity index (χ4n) is 3.30. The van der Waals surface area contributed by atoms with Gasteiger partial charge >= 0.3 is 0 Å². The second-order valence-corrected chi connectivity index (χ2v) is 8.50. The minimum absolute atomic E-state index is 0.167. The maximum Gasteiger partial charge on any atom is 0.243 e. The number of ether oxygens (including phenoxy) is 2. The van der Waals surface area contributed by atoms with Crippen LogP contribution in [-0.4, -0.2) is 43.5 Å². The van der Waals surface area contributed by atoms with Crippen molar-refractivity contribution in [3.05, 3.63) is 72.1 Å². The number of benzene rings is 2. The van der Waals surface area contributed by atoms with Gasteiger partial charge in [-0.15, -0.1) is 0 Å². The number of amides is 3. The molecule has 3 unspecified atom stereocenters. The van der Waals surface area contributed by atoms with Crippen LogP contribution in [0.5, 0.6) is 5.75 Å². The Balaban J connectivity index is 2.03. The lowest BCUT2D eigenvalue weighted by molar-refractivity contribution is -0.128. The molecule has 0 saturated carbocycles. The molecular formula is C27H36N3O5. The van der Waals surface area contributed by atoms with E-state index in [1.807, 2.05) is 61.5 Å². The van der Waals surface area contributed by atoms with Crippen LogP contribution < -0.4 is 21.1 Å². The summed E-state index contributed by atoms with van der Waals surface area (Å²) in [5.74, 6) is -0.975. The minimum atomic E-state index is -0.801. The van der Waals surface area contributed by atoms with Crippen LogP contribution in [0.15, 0.2) is 54.6 Å². The molecule has 2 aromatic carbocycles. The number of primary amides is 1. The molecule has 0 aliphatic carbocycles. The van der Waals surface area contributed by atoms with Gasteiger partial charge < -0.3 is 25.8 Å². The molecule has 1 radical (unpaired) electrons. The molecular weight excluding hydrogens is 446 g/mol. The molecule has 0 spiro atoms. The molecule has 8 nitrogen and oxygen atoms in total. The standard InChI is InChI=1S/C27H36N3O5/c1-4-22(18-34-3)29-27(33)24(30-25(31)15-10-19(2)26(28)32)16-20-11-13-23(14-12-20)35-17-21-8-6-5-7-9-21/h5-9,11-15,19,22,24H,4,10,16-18H2,1-3H3,(H2,28,32)(H,29,33)(H,30,31). The Labute approximate surface area is 207 Å². The number of rotatable bonds is 15. The van der Waals surface area contributed by atoms with Crippen molar-refractivity contribution in [2.45, 2.75) is 51.8 Å². The SMILES string of the molecule is CCC(COC)NC(=O)C(Cc1ccc(OCc2ccccc2)cc1)NC(=O)[CH]CC(C)C(N)=O. The van der Waals surface area contributed by atoms with Crippen LogP contribution in [0.1, 0.15) is 37.8 Å². The summed E-state index contributed by atoms with van der Waals surface area (Å²) in [6, 6.07) is 16.3. The van der Waals surface area contributed by atoms with E-state index in [0.29, 0.717) is 31.8 Å². The van der Waals surface area contributed by atoms with Gasteiger partial charge in [-0.05, 0) is 36.1 Å². The molecule has 0 aliphatic heterocycles. The summed E-state index contributed by atoms with van der Waals surface area (Å²) in [6.07, 6.45) is 2.53. The molecule has 2 aromatic rings. The Hall–Kier alpha value is -3.39. The van der Waals surface area contributed by atoms with Crippen molar-refractivity contribution in [1.29, 1.82) is 0 Å². The zero-order valence-electron chi connectivity index (χ0n) is 20.7. The molecule has 0 aliphatic rings. The third-order valence-corrected chi connectivity index (χ3v) is 5.59. The van der Waals surface area contributed by atoms with Gasteiger partial charge in [-0.25, -0.2) is 0 Å². The minimum Gasteiger partial charge on any atom is -0.489 e. The number of hydrogen-bond acceptors (Lipinski definition) is 5. The third kappa shape index (κ3) is 10.2. The summed E-state index contributed by atoms with van der Waals surface area (Å²) in [5.41, 5.74) is 7.19. The predicted octanol–water partition coefficient (Wildman–Crippen LogP) is 2.55. The Kier molecular flexibility index (Phi) is 11.8. The fraction of sp³-hybridized carbons (Fsp3) is 0.407. The highest BCUT2D eigenvalue weighted by Gasteiger charge is 2.24. The Bertz CT molecular complexity index is 934. The van der Waals surface area contributed by atoms with E-state index < -0.39 is 23.8 Å². The monoisotopic (exact) mass is 482 g/mol. The van der Waals surface area contributed by atoms with Crippen molar-refractivity contribution in [3.8, 4) is 5.75 Å². The van der Waals surface area contributed by atoms with Crippen LogP contribution in [0.2, 0.25) is 0 Å². The van der Waals surface area contributed by atoms with Crippen molar-refractivity contribution in [2.24, 2.45) is 11.7 Å². The highest BCUT2D eigenvalue weighted by molar-refractivity contribution is 5.92. The third-order valence-electron chi connectivity index (χ3n) is 5.59. The van der Waals surface area contributed by atoms with E-state index in [2.05, 4.69) is 10.6 Å². The van der Waals surface area contributed by atoms with E-state index in [9.17, 15) is 14.4 Å². The molecule has 3 atom stereocenters. The average molecular weight is 483 g/mol. The van der Waals surface area contributed by atoms with E-state index in [1.165, 1.54) is 6.42 Å². The van der Waals surface area contributed by atoms with Gasteiger partial charge in [0.05, 0.1) is 19.1 Å². The summed E-state index contributed by atoms with van der Waals surface area (Å²) in [7, 11) is 1.57. The summed E-state index contributed by atoms with van der Waals surface area (Å²) < 4.78 is 11.0. The molecule has 2 rings (SSSR count). The van der Waals surface area contributed by atoms with E-state index in [1.54, 1.807) is 14.0 Å². The molecule has 8 heteroatoms. The van der Waals surface area contributed by atoms with Crippen LogP contribution >= 0.6 is 0 Å². The normalized spacial score (nSPS) is 13.3. The Morgan fingerprint density at radius 3 is 2.29 bits per heavy atom. The van der Waals surface area contributed by atoms with Gasteiger partial charge in [-0.1, -0.05) is 56.3 Å². The number of methoxy groups -OCH3 is 1. The van der Waals surface area contributed by atoms with Gasteiger partial charge in [0, 0.05) is 19.4 Å². The van der Waals surface area contributed by atoms with Gasteiger partial charge in [0.15, 0.2) is 0 Å². The van der Waals surface area contributed by atoms with Crippen molar-refractivity contribution >= 4 is 17.7 Å². The second-order valence-electron chi connectivity index (χ2n) is 8.50. The lowest BCUT2D eigenvalue weighted by atomic mass is 10.0. The van der Waals surface area contributed by atoms with Gasteiger partial charge in [-0.3, -0.25) is 14.4 Å². The largest absolute Gasteiger partial charge is 0.489 e. The quantitative estimate of drug-likeness (QED) is 0.360. The van der Waals surface area contributed by atoms with Crippen molar-refractivity contribution in [2.75, 3.05) is 13.7 Å². The smallest absolute Gasteiger partial charge is 0.243 e. The van der Waals surface area contributed by atoms with Gasteiger partial charge in [-0.2, -0.15) is 0 Å². The molecule has 0 heterocycles. The highest BCUT2D eigenvalue weighted by atomic mass is 16.5. The van der Waals surface area contributed by atoms with Gasteiger partial charge in [0.25, 0.3) is 0 Å². The number of nitrogens with one attached hydrogen (secondary N) is 2. The first-order valence-corrected chi connectivity index (χ1v) is 11.8. The zero-order valence-corrected chi connectivity index (χ0v) is 20.7. The van der Waals surface area contributed by atoms with E-state index in [-0.39, 0.29) is 18.4 Å². The molecule has 3 amide bonds. The van der Waals surface area contributed by atoms with Crippen LogP contribution in [-0.2, 0) is 32.1 Å². The van der Waals surface area contributed by atoms with Crippen LogP contribution in [0.3, 0.4) is 0 Å². The van der Waals surface area contributed by atoms with Crippen molar-refractivity contribution < 1.29 is 23.9 Å². The first-order chi connectivity index (χ1) is 16.8. The molecule has 4 N–H and O–H groups in total. The molecule has 0 saturated heterocycles. The second kappa shape index (κ2) is 14.8. The summed E-state index contributed by atoms with van der Waals surface area (Å²) in [5, 5.41) is 5.70. The topological polar surface area (TPSA) is 120 Å². The zero-order chi connectivity index (χ0) is 25.6. The van der Waals surface area contributed by atoms with Gasteiger partial charge in [0.1, 0.15) is 18.4 Å². The molecule has 189 valence electrons. The van der Waals surface area contributed by atoms with Gasteiger partial charge in [0.2, 0.25) is 17.7 Å². The number of hydrogen-bond donors (Lipinski definition) is 3. The van der Waals surface area contributed by atoms with Crippen LogP contribution in [0.4, 0.5) is 0 Å². The average Bonchev–Trinajstić information content (AvgIpc) is 2.86. The van der Waals surface area contributed by atoms with Crippen LogP contribution in [0, 0.1) is 12.3 Å². The molecule has 0 aromatic heterocycles. The number of nitrogens with two attached hydrogens (primary N) is 1.